The number of hydrogen-bond acceptors (Lipinski definition) is 7. The molecule has 0 spiro atoms. The van der Waals surface area contributed by atoms with Gasteiger partial charge in [0.2, 0.25) is 0 Å². The summed E-state index contributed by atoms with van der Waals surface area (Å²) in [5.41, 5.74) is 6.19. The number of pyridine rings is 2. The molecule has 0 saturated heterocycles. The molecule has 2 heterocycles. The van der Waals surface area contributed by atoms with Crippen LogP contribution in [-0.4, -0.2) is 27.3 Å². The smallest absolute Gasteiger partial charge is 0.321 e. The summed E-state index contributed by atoms with van der Waals surface area (Å²) >= 11 is 1.48. The summed E-state index contributed by atoms with van der Waals surface area (Å²) in [6.07, 6.45) is 3.54. The summed E-state index contributed by atoms with van der Waals surface area (Å²) in [5.74, 6) is -0.248. The number of H-pyrrole nitrogens is 1. The molecule has 0 fully saturated rings. The van der Waals surface area contributed by atoms with E-state index >= 15 is 0 Å². The lowest BCUT2D eigenvalue weighted by Crippen LogP contribution is -2.30. The fourth-order valence-corrected chi connectivity index (χ4v) is 6.08. The summed E-state index contributed by atoms with van der Waals surface area (Å²) in [5, 5.41) is 19.5. The van der Waals surface area contributed by atoms with Crippen molar-refractivity contribution in [3.05, 3.63) is 131 Å². The van der Waals surface area contributed by atoms with Crippen LogP contribution in [0.25, 0.3) is 44.1 Å². The number of nitriles is 2. The summed E-state index contributed by atoms with van der Waals surface area (Å²) in [6, 6.07) is 33.9. The van der Waals surface area contributed by atoms with Gasteiger partial charge in [-0.2, -0.15) is 10.5 Å². The van der Waals surface area contributed by atoms with Crippen molar-refractivity contribution in [2.45, 2.75) is 30.4 Å². The van der Waals surface area contributed by atoms with Crippen LogP contribution >= 0.6 is 11.8 Å². The van der Waals surface area contributed by atoms with Crippen molar-refractivity contribution in [3.63, 3.8) is 0 Å². The molecule has 0 atom stereocenters. The number of para-hydroxylation sites is 2. The van der Waals surface area contributed by atoms with Crippen LogP contribution in [0.15, 0.2) is 119 Å². The Morgan fingerprint density at radius 2 is 1.39 bits per heavy atom. The lowest BCUT2D eigenvalue weighted by Gasteiger charge is -2.24. The summed E-state index contributed by atoms with van der Waals surface area (Å²) < 4.78 is 4.51. The Hall–Kier alpha value is -5.70. The van der Waals surface area contributed by atoms with Gasteiger partial charge in [-0.25, -0.2) is 0 Å². The Labute approximate surface area is 271 Å². The lowest BCUT2D eigenvalue weighted by molar-refractivity contribution is -0.145. The molecule has 8 heteroatoms. The highest BCUT2D eigenvalue weighted by atomic mass is 32.2. The summed E-state index contributed by atoms with van der Waals surface area (Å²) in [7, 11) is 0. The second kappa shape index (κ2) is 13.9. The Kier molecular flexibility index (Phi) is 9.61. The number of aromatic amines is 1. The number of ether oxygens (including phenoxy) is 1. The van der Waals surface area contributed by atoms with E-state index in [1.165, 1.54) is 11.8 Å². The molecule has 0 radical (unpaired) electrons. The van der Waals surface area contributed by atoms with E-state index in [1.807, 2.05) is 81.6 Å². The van der Waals surface area contributed by atoms with Gasteiger partial charge in [0.15, 0.2) is 5.43 Å². The average molecular weight is 623 g/mol. The van der Waals surface area contributed by atoms with Crippen molar-refractivity contribution < 1.29 is 9.53 Å². The van der Waals surface area contributed by atoms with Crippen molar-refractivity contribution in [3.8, 4) is 34.4 Å². The van der Waals surface area contributed by atoms with Gasteiger partial charge in [0.05, 0.1) is 35.4 Å². The van der Waals surface area contributed by atoms with Crippen LogP contribution in [0.4, 0.5) is 0 Å². The van der Waals surface area contributed by atoms with Gasteiger partial charge in [0.1, 0.15) is 4.75 Å². The van der Waals surface area contributed by atoms with Crippen molar-refractivity contribution in [2.24, 2.45) is 0 Å². The molecule has 0 aliphatic carbocycles. The minimum absolute atomic E-state index is 0.000873. The molecule has 4 aromatic carbocycles. The Morgan fingerprint density at radius 3 is 2.00 bits per heavy atom. The predicted molar refractivity (Wildman–Crippen MR) is 183 cm³/mol. The van der Waals surface area contributed by atoms with Gasteiger partial charge in [-0.05, 0) is 74.4 Å². The van der Waals surface area contributed by atoms with Crippen LogP contribution in [0.2, 0.25) is 0 Å². The number of esters is 1. The number of thioether (sulfide) groups is 1. The average Bonchev–Trinajstić information content (AvgIpc) is 3.09. The quantitative estimate of drug-likeness (QED) is 0.147. The van der Waals surface area contributed by atoms with Gasteiger partial charge in [-0.15, -0.1) is 11.8 Å². The highest BCUT2D eigenvalue weighted by molar-refractivity contribution is 8.01. The second-order valence-corrected chi connectivity index (χ2v) is 12.4. The molecule has 0 bridgehead atoms. The molecule has 6 aromatic rings. The maximum atomic E-state index is 12.4. The van der Waals surface area contributed by atoms with Crippen LogP contribution in [0.1, 0.15) is 31.9 Å². The first-order valence-electron chi connectivity index (χ1n) is 14.6. The highest BCUT2D eigenvalue weighted by Gasteiger charge is 2.32. The lowest BCUT2D eigenvalue weighted by atomic mass is 10.0. The number of hydrogen-bond donors (Lipinski definition) is 1. The number of fused-ring (bicyclic) bond motifs is 2. The third-order valence-electron chi connectivity index (χ3n) is 7.29. The summed E-state index contributed by atoms with van der Waals surface area (Å²) in [6.45, 7) is 5.89. The van der Waals surface area contributed by atoms with Crippen LogP contribution in [0.3, 0.4) is 0 Å². The highest BCUT2D eigenvalue weighted by Crippen LogP contribution is 2.43. The molecule has 0 unspecified atom stereocenters. The van der Waals surface area contributed by atoms with Crippen LogP contribution in [0, 0.1) is 22.7 Å². The fraction of sp³-hybridized carbons (Fsp3) is 0.132. The molecule has 46 heavy (non-hydrogen) atoms. The van der Waals surface area contributed by atoms with E-state index in [0.29, 0.717) is 28.7 Å². The first-order chi connectivity index (χ1) is 22.2. The number of rotatable bonds is 6. The molecule has 7 nitrogen and oxygen atoms in total. The van der Waals surface area contributed by atoms with E-state index in [9.17, 15) is 9.59 Å². The van der Waals surface area contributed by atoms with Crippen molar-refractivity contribution in [1.29, 1.82) is 10.5 Å². The largest absolute Gasteiger partial charge is 0.465 e. The number of carbonyl (C=O) groups excluding carboxylic acids is 1. The molecule has 6 rings (SSSR count). The standard InChI is InChI=1S/C22H20N2O2S.C16H10N2O/c1-4-26-21(25)22(2,3)27-20-17-7-5-6-8-19(17)24-14-18(20)16-11-9-15(13-23)10-12-16;17-9-11-5-7-12(8-6-11)14-10-18-15-4-2-1-3-13(15)16(14)19/h5-12,14H,4H2,1-3H3;1-8,10H,(H,18,19). The molecule has 0 amide bonds. The van der Waals surface area contributed by atoms with E-state index in [0.717, 1.165) is 38.0 Å². The van der Waals surface area contributed by atoms with Crippen LogP contribution < -0.4 is 5.43 Å². The topological polar surface area (TPSA) is 120 Å². The van der Waals surface area contributed by atoms with Gasteiger partial charge >= 0.3 is 5.97 Å². The second-order valence-electron chi connectivity index (χ2n) is 10.8. The minimum Gasteiger partial charge on any atom is -0.465 e. The number of nitrogens with zero attached hydrogens (tertiary/aromatic N) is 3. The van der Waals surface area contributed by atoms with E-state index in [1.54, 1.807) is 48.7 Å². The fourth-order valence-electron chi connectivity index (χ4n) is 4.86. The Morgan fingerprint density at radius 1 is 0.826 bits per heavy atom. The molecular formula is C38H30N4O3S. The third kappa shape index (κ3) is 6.83. The Bertz CT molecular complexity index is 2170. The molecule has 226 valence electrons. The zero-order valence-electron chi connectivity index (χ0n) is 25.6. The van der Waals surface area contributed by atoms with Gasteiger partial charge in [0, 0.05) is 44.7 Å². The van der Waals surface area contributed by atoms with Gasteiger partial charge in [-0.1, -0.05) is 54.6 Å². The maximum absolute atomic E-state index is 12.4. The molecule has 0 saturated carbocycles. The van der Waals surface area contributed by atoms with Crippen LogP contribution in [0.5, 0.6) is 0 Å². The number of nitrogens with one attached hydrogen (secondary N) is 1. The number of aromatic nitrogens is 2. The van der Waals surface area contributed by atoms with E-state index in [2.05, 4.69) is 22.1 Å². The third-order valence-corrected chi connectivity index (χ3v) is 8.61. The molecule has 1 N–H and O–H groups in total. The molecule has 0 aliphatic heterocycles. The number of benzene rings is 4. The van der Waals surface area contributed by atoms with Gasteiger partial charge in [-0.3, -0.25) is 14.6 Å². The minimum atomic E-state index is -0.749. The van der Waals surface area contributed by atoms with E-state index < -0.39 is 4.75 Å². The summed E-state index contributed by atoms with van der Waals surface area (Å²) in [4.78, 5) is 33.5. The SMILES string of the molecule is CCOC(=O)C(C)(C)Sc1c(-c2ccc(C#N)cc2)cnc2ccccc12.N#Cc1ccc(-c2c[nH]c3ccccc3c2=O)cc1. The van der Waals surface area contributed by atoms with Crippen LogP contribution in [-0.2, 0) is 9.53 Å². The first-order valence-corrected chi connectivity index (χ1v) is 15.4. The predicted octanol–water partition coefficient (Wildman–Crippen LogP) is 8.27. The molecule has 0 aliphatic rings. The molecular weight excluding hydrogens is 593 g/mol. The number of carbonyl (C=O) groups is 1. The van der Waals surface area contributed by atoms with Crippen molar-refractivity contribution in [2.75, 3.05) is 6.61 Å². The zero-order chi connectivity index (χ0) is 32.7. The molecule has 2 aromatic heterocycles. The zero-order valence-corrected chi connectivity index (χ0v) is 26.4. The van der Waals surface area contributed by atoms with Crippen molar-refractivity contribution in [1.82, 2.24) is 9.97 Å². The van der Waals surface area contributed by atoms with Gasteiger partial charge in [0.25, 0.3) is 0 Å². The monoisotopic (exact) mass is 622 g/mol. The Balaban J connectivity index is 0.000000192. The first kappa shape index (κ1) is 31.7. The van der Waals surface area contributed by atoms with E-state index in [4.69, 9.17) is 15.3 Å². The van der Waals surface area contributed by atoms with Gasteiger partial charge < -0.3 is 9.72 Å². The van der Waals surface area contributed by atoms with Crippen molar-refractivity contribution >= 4 is 39.5 Å². The maximum Gasteiger partial charge on any atom is 0.321 e. The normalized spacial score (nSPS) is 10.8. The van der Waals surface area contributed by atoms with E-state index in [-0.39, 0.29) is 11.4 Å².